The minimum absolute atomic E-state index is 1.05. The smallest absolute Gasteiger partial charge is 0.0414 e. The Hall–Kier alpha value is 0. The van der Waals surface area contributed by atoms with Crippen LogP contribution in [0.3, 0.4) is 0 Å². The molecule has 0 aromatic rings. The van der Waals surface area contributed by atoms with E-state index in [0.717, 1.165) is 5.92 Å². The molecule has 0 N–H and O–H groups in total. The third kappa shape index (κ3) is 24.3. The maximum Gasteiger partial charge on any atom is -0.0414 e. The van der Waals surface area contributed by atoms with Gasteiger partial charge in [0, 0.05) is 0 Å². The molecule has 0 nitrogen and oxygen atoms in total. The van der Waals surface area contributed by atoms with E-state index in [4.69, 9.17) is 0 Å². The van der Waals surface area contributed by atoms with E-state index in [1.807, 2.05) is 0 Å². The SMILES string of the molecule is CCCCCC(CCCCC)CCCCC.CCCCCCCC. The molecule has 0 aromatic carbocycles. The highest BCUT2D eigenvalue weighted by atomic mass is 14.1. The van der Waals surface area contributed by atoms with Crippen molar-refractivity contribution in [3.8, 4) is 0 Å². The van der Waals surface area contributed by atoms with E-state index < -0.39 is 0 Å². The van der Waals surface area contributed by atoms with Crippen LogP contribution < -0.4 is 0 Å². The minimum atomic E-state index is 1.05. The molecule has 0 unspecified atom stereocenters. The number of rotatable bonds is 17. The van der Waals surface area contributed by atoms with E-state index in [9.17, 15) is 0 Å². The van der Waals surface area contributed by atoms with Crippen LogP contribution in [0.4, 0.5) is 0 Å². The summed E-state index contributed by atoms with van der Waals surface area (Å²) in [6.07, 6.45) is 25.8. The zero-order valence-electron chi connectivity index (χ0n) is 18.3. The van der Waals surface area contributed by atoms with Crippen molar-refractivity contribution in [2.45, 2.75) is 150 Å². The molecule has 0 spiro atoms. The molecule has 0 aliphatic heterocycles. The second kappa shape index (κ2) is 25.2. The van der Waals surface area contributed by atoms with Crippen molar-refractivity contribution >= 4 is 0 Å². The van der Waals surface area contributed by atoms with Crippen LogP contribution in [0.2, 0.25) is 0 Å². The van der Waals surface area contributed by atoms with Gasteiger partial charge in [0.2, 0.25) is 0 Å². The van der Waals surface area contributed by atoms with Crippen LogP contribution in [-0.2, 0) is 0 Å². The standard InChI is InChI=1S/C16H34.C8H18/c1-4-7-10-13-16(14-11-8-5-2)15-12-9-6-3;1-3-5-7-8-6-4-2/h16H,4-15H2,1-3H3;3-8H2,1-2H3. The zero-order chi connectivity index (χ0) is 18.3. The lowest BCUT2D eigenvalue weighted by atomic mass is 9.90. The average molecular weight is 341 g/mol. The second-order valence-corrected chi connectivity index (χ2v) is 7.77. The number of unbranched alkanes of at least 4 members (excludes halogenated alkanes) is 11. The van der Waals surface area contributed by atoms with Crippen molar-refractivity contribution in [3.63, 3.8) is 0 Å². The summed E-state index contributed by atoms with van der Waals surface area (Å²) in [4.78, 5) is 0. The lowest BCUT2D eigenvalue weighted by Gasteiger charge is -2.16. The molecule has 0 heterocycles. The molecule has 0 heteroatoms. The Balaban J connectivity index is 0. The number of hydrogen-bond donors (Lipinski definition) is 0. The molecule has 148 valence electrons. The molecular formula is C24H52. The predicted octanol–water partition coefficient (Wildman–Crippen LogP) is 9.71. The van der Waals surface area contributed by atoms with Gasteiger partial charge in [-0.2, -0.15) is 0 Å². The van der Waals surface area contributed by atoms with Gasteiger partial charge < -0.3 is 0 Å². The van der Waals surface area contributed by atoms with Crippen molar-refractivity contribution in [1.82, 2.24) is 0 Å². The highest BCUT2D eigenvalue weighted by Gasteiger charge is 2.07. The molecule has 0 rings (SSSR count). The van der Waals surface area contributed by atoms with Gasteiger partial charge in [0.05, 0.1) is 0 Å². The van der Waals surface area contributed by atoms with Crippen molar-refractivity contribution in [2.75, 3.05) is 0 Å². The summed E-state index contributed by atoms with van der Waals surface area (Å²) < 4.78 is 0. The van der Waals surface area contributed by atoms with Crippen molar-refractivity contribution < 1.29 is 0 Å². The Morgan fingerprint density at radius 2 is 0.583 bits per heavy atom. The Bertz CT molecular complexity index is 155. The lowest BCUT2D eigenvalue weighted by Crippen LogP contribution is -2.01. The molecule has 0 fully saturated rings. The van der Waals surface area contributed by atoms with E-state index in [0.29, 0.717) is 0 Å². The van der Waals surface area contributed by atoms with E-state index >= 15 is 0 Å². The molecular weight excluding hydrogens is 288 g/mol. The third-order valence-corrected chi connectivity index (χ3v) is 5.10. The summed E-state index contributed by atoms with van der Waals surface area (Å²) in [5, 5.41) is 0. The van der Waals surface area contributed by atoms with E-state index in [2.05, 4.69) is 34.6 Å². The molecule has 0 aliphatic carbocycles. The van der Waals surface area contributed by atoms with Crippen molar-refractivity contribution in [1.29, 1.82) is 0 Å². The Labute approximate surface area is 156 Å². The first-order valence-corrected chi connectivity index (χ1v) is 11.8. The quantitative estimate of drug-likeness (QED) is 0.231. The van der Waals surface area contributed by atoms with Gasteiger partial charge in [-0.25, -0.2) is 0 Å². The molecule has 0 saturated carbocycles. The Morgan fingerprint density at radius 3 is 0.833 bits per heavy atom. The highest BCUT2D eigenvalue weighted by molar-refractivity contribution is 4.61. The van der Waals surface area contributed by atoms with Crippen molar-refractivity contribution in [3.05, 3.63) is 0 Å². The van der Waals surface area contributed by atoms with Gasteiger partial charge in [-0.3, -0.25) is 0 Å². The van der Waals surface area contributed by atoms with Gasteiger partial charge in [-0.1, -0.05) is 150 Å². The zero-order valence-corrected chi connectivity index (χ0v) is 18.3. The average Bonchev–Trinajstić information content (AvgIpc) is 2.59. The van der Waals surface area contributed by atoms with Crippen LogP contribution in [-0.4, -0.2) is 0 Å². The molecule has 0 amide bonds. The molecule has 0 aliphatic rings. The normalized spacial score (nSPS) is 10.8. The maximum atomic E-state index is 2.31. The summed E-state index contributed by atoms with van der Waals surface area (Å²) in [7, 11) is 0. The first-order chi connectivity index (χ1) is 11.8. The third-order valence-electron chi connectivity index (χ3n) is 5.10. The second-order valence-electron chi connectivity index (χ2n) is 7.77. The summed E-state index contributed by atoms with van der Waals surface area (Å²) in [5.74, 6) is 1.05. The van der Waals surface area contributed by atoms with Gasteiger partial charge in [0.1, 0.15) is 0 Å². The summed E-state index contributed by atoms with van der Waals surface area (Å²) in [5.41, 5.74) is 0. The molecule has 0 radical (unpaired) electrons. The van der Waals surface area contributed by atoms with Gasteiger partial charge in [-0.05, 0) is 5.92 Å². The Morgan fingerprint density at radius 1 is 0.333 bits per heavy atom. The highest BCUT2D eigenvalue weighted by Crippen LogP contribution is 2.23. The van der Waals surface area contributed by atoms with Crippen LogP contribution in [0.25, 0.3) is 0 Å². The lowest BCUT2D eigenvalue weighted by molar-refractivity contribution is 0.372. The van der Waals surface area contributed by atoms with E-state index in [1.165, 1.54) is 116 Å². The van der Waals surface area contributed by atoms with Crippen molar-refractivity contribution in [2.24, 2.45) is 5.92 Å². The van der Waals surface area contributed by atoms with Crippen LogP contribution in [0, 0.1) is 5.92 Å². The van der Waals surface area contributed by atoms with Gasteiger partial charge in [-0.15, -0.1) is 0 Å². The summed E-state index contributed by atoms with van der Waals surface area (Å²) >= 11 is 0. The maximum absolute atomic E-state index is 2.31. The molecule has 0 bridgehead atoms. The van der Waals surface area contributed by atoms with Gasteiger partial charge >= 0.3 is 0 Å². The fourth-order valence-electron chi connectivity index (χ4n) is 3.34. The fraction of sp³-hybridized carbons (Fsp3) is 1.00. The fourth-order valence-corrected chi connectivity index (χ4v) is 3.34. The molecule has 0 saturated heterocycles. The molecule has 0 atom stereocenters. The van der Waals surface area contributed by atoms with Crippen LogP contribution in [0.5, 0.6) is 0 Å². The summed E-state index contributed by atoms with van der Waals surface area (Å²) in [6, 6.07) is 0. The van der Waals surface area contributed by atoms with Gasteiger partial charge in [0.25, 0.3) is 0 Å². The summed E-state index contributed by atoms with van der Waals surface area (Å²) in [6.45, 7) is 11.4. The van der Waals surface area contributed by atoms with Gasteiger partial charge in [0.15, 0.2) is 0 Å². The Kier molecular flexibility index (Phi) is 27.6. The van der Waals surface area contributed by atoms with Crippen LogP contribution >= 0.6 is 0 Å². The first kappa shape index (κ1) is 26.2. The number of hydrogen-bond acceptors (Lipinski definition) is 0. The minimum Gasteiger partial charge on any atom is -0.0654 e. The predicted molar refractivity (Wildman–Crippen MR) is 115 cm³/mol. The largest absolute Gasteiger partial charge is 0.0654 e. The van der Waals surface area contributed by atoms with E-state index in [1.54, 1.807) is 0 Å². The monoisotopic (exact) mass is 340 g/mol. The van der Waals surface area contributed by atoms with Crippen LogP contribution in [0.15, 0.2) is 0 Å². The molecule has 0 aromatic heterocycles. The van der Waals surface area contributed by atoms with Crippen LogP contribution in [0.1, 0.15) is 150 Å². The topological polar surface area (TPSA) is 0 Å². The molecule has 24 heavy (non-hydrogen) atoms. The first-order valence-electron chi connectivity index (χ1n) is 11.8. The van der Waals surface area contributed by atoms with E-state index in [-0.39, 0.29) is 0 Å².